The minimum Gasteiger partial charge on any atom is -0.772 e. The Morgan fingerprint density at radius 3 is 2.14 bits per heavy atom. The summed E-state index contributed by atoms with van der Waals surface area (Å²) < 4.78 is 59.8. The number of hydrogen-bond donors (Lipinski definition) is 0. The van der Waals surface area contributed by atoms with Gasteiger partial charge in [0.15, 0.2) is 0 Å². The van der Waals surface area contributed by atoms with Gasteiger partial charge in [-0.15, -0.1) is 0 Å². The van der Waals surface area contributed by atoms with Crippen molar-refractivity contribution in [3.63, 3.8) is 0 Å². The van der Waals surface area contributed by atoms with Gasteiger partial charge in [-0.2, -0.15) is 13.2 Å². The largest absolute Gasteiger partial charge is 0.772 e. The minimum absolute atomic E-state index is 0.109. The Balaban J connectivity index is 2.36. The van der Waals surface area contributed by atoms with Crippen molar-refractivity contribution in [2.24, 2.45) is 0 Å². The third-order valence-corrected chi connectivity index (χ3v) is 3.68. The van der Waals surface area contributed by atoms with E-state index in [2.05, 4.69) is 0 Å². The van der Waals surface area contributed by atoms with Crippen LogP contribution in [0.3, 0.4) is 0 Å². The molecule has 0 fully saturated rings. The van der Waals surface area contributed by atoms with Gasteiger partial charge in [0.05, 0.1) is 5.56 Å². The highest BCUT2D eigenvalue weighted by molar-refractivity contribution is 7.78. The molecule has 2 aromatic rings. The Labute approximate surface area is 122 Å². The van der Waals surface area contributed by atoms with E-state index < -0.39 is 22.8 Å². The first-order valence-electron chi connectivity index (χ1n) is 6.10. The summed E-state index contributed by atoms with van der Waals surface area (Å²) in [5.74, 6) is -0.109. The molecule has 0 heterocycles. The number of benzene rings is 2. The molecule has 0 bridgehead atoms. The summed E-state index contributed by atoms with van der Waals surface area (Å²) in [6.45, 7) is 1.42. The van der Waals surface area contributed by atoms with Gasteiger partial charge in [0.2, 0.25) is 0 Å². The predicted molar refractivity (Wildman–Crippen MR) is 74.2 cm³/mol. The van der Waals surface area contributed by atoms with Crippen molar-refractivity contribution in [3.05, 3.63) is 59.2 Å². The molecule has 0 spiro atoms. The van der Waals surface area contributed by atoms with E-state index in [1.807, 2.05) is 0 Å². The molecule has 0 aliphatic heterocycles. The summed E-state index contributed by atoms with van der Waals surface area (Å²) in [5.41, 5.74) is 1.16. The Morgan fingerprint density at radius 2 is 1.62 bits per heavy atom. The van der Waals surface area contributed by atoms with E-state index >= 15 is 0 Å². The molecule has 0 aliphatic rings. The van der Waals surface area contributed by atoms with Crippen LogP contribution in [-0.2, 0) is 23.0 Å². The van der Waals surface area contributed by atoms with Crippen molar-refractivity contribution >= 4 is 11.1 Å². The number of halogens is 3. The van der Waals surface area contributed by atoms with Crippen LogP contribution in [0.15, 0.2) is 42.5 Å². The van der Waals surface area contributed by atoms with Crippen molar-refractivity contribution in [2.75, 3.05) is 0 Å². The van der Waals surface area contributed by atoms with Crippen LogP contribution in [-0.4, -0.2) is 8.76 Å². The average Bonchev–Trinajstić information content (AvgIpc) is 2.38. The van der Waals surface area contributed by atoms with Crippen LogP contribution in [0.1, 0.15) is 16.7 Å². The molecule has 2 nitrogen and oxygen atoms in total. The van der Waals surface area contributed by atoms with Gasteiger partial charge < -0.3 is 4.55 Å². The van der Waals surface area contributed by atoms with Crippen molar-refractivity contribution in [3.8, 4) is 11.1 Å². The zero-order chi connectivity index (χ0) is 15.6. The van der Waals surface area contributed by atoms with E-state index in [4.69, 9.17) is 0 Å². The molecular formula is C15H12F3O2S-. The van der Waals surface area contributed by atoms with Gasteiger partial charge in [0.25, 0.3) is 0 Å². The van der Waals surface area contributed by atoms with Gasteiger partial charge in [0, 0.05) is 5.75 Å². The standard InChI is InChI=1S/C15H13F3O2S/c1-10-2-5-13(8-14(10)15(16,17)18)12-6-3-11(4-7-12)9-21(19)20/h2-8H,9H2,1H3,(H,19,20)/p-1. The van der Waals surface area contributed by atoms with Crippen LogP contribution in [0.2, 0.25) is 0 Å². The summed E-state index contributed by atoms with van der Waals surface area (Å²) in [5, 5.41) is 0. The average molecular weight is 313 g/mol. The second-order valence-electron chi connectivity index (χ2n) is 4.67. The van der Waals surface area contributed by atoms with Crippen molar-refractivity contribution < 1.29 is 21.9 Å². The van der Waals surface area contributed by atoms with Crippen LogP contribution in [0, 0.1) is 6.92 Å². The molecule has 0 amide bonds. The second-order valence-corrected chi connectivity index (χ2v) is 5.57. The van der Waals surface area contributed by atoms with Crippen molar-refractivity contribution in [1.82, 2.24) is 0 Å². The maximum atomic E-state index is 12.9. The number of alkyl halides is 3. The summed E-state index contributed by atoms with van der Waals surface area (Å²) in [6, 6.07) is 10.6. The van der Waals surface area contributed by atoms with E-state index in [1.165, 1.54) is 13.0 Å². The molecule has 1 unspecified atom stereocenters. The molecule has 6 heteroatoms. The van der Waals surface area contributed by atoms with Crippen LogP contribution >= 0.6 is 0 Å². The third kappa shape index (κ3) is 3.92. The topological polar surface area (TPSA) is 40.1 Å². The van der Waals surface area contributed by atoms with E-state index in [9.17, 15) is 21.9 Å². The lowest BCUT2D eigenvalue weighted by Gasteiger charge is -2.12. The normalized spacial score (nSPS) is 13.2. The molecule has 0 aromatic heterocycles. The van der Waals surface area contributed by atoms with Crippen LogP contribution in [0.4, 0.5) is 13.2 Å². The van der Waals surface area contributed by atoms with Gasteiger partial charge in [-0.25, -0.2) is 0 Å². The third-order valence-electron chi connectivity index (χ3n) is 3.11. The highest BCUT2D eigenvalue weighted by Crippen LogP contribution is 2.34. The second kappa shape index (κ2) is 5.99. The van der Waals surface area contributed by atoms with Gasteiger partial charge in [-0.1, -0.05) is 47.5 Å². The summed E-state index contributed by atoms with van der Waals surface area (Å²) in [7, 11) is 0. The van der Waals surface area contributed by atoms with Crippen LogP contribution < -0.4 is 0 Å². The Morgan fingerprint density at radius 1 is 1.05 bits per heavy atom. The molecule has 2 rings (SSSR count). The van der Waals surface area contributed by atoms with Gasteiger partial charge in [-0.05, 0) is 35.2 Å². The lowest BCUT2D eigenvalue weighted by molar-refractivity contribution is -0.138. The molecule has 112 valence electrons. The minimum atomic E-state index is -4.39. The van der Waals surface area contributed by atoms with Crippen molar-refractivity contribution in [1.29, 1.82) is 0 Å². The Bertz CT molecular complexity index is 664. The van der Waals surface area contributed by atoms with E-state index in [0.717, 1.165) is 6.07 Å². The molecule has 0 N–H and O–H groups in total. The molecule has 1 atom stereocenters. The predicted octanol–water partition coefficient (Wildman–Crippen LogP) is 4.06. The highest BCUT2D eigenvalue weighted by atomic mass is 32.2. The summed E-state index contributed by atoms with van der Waals surface area (Å²) in [4.78, 5) is 0. The summed E-state index contributed by atoms with van der Waals surface area (Å²) in [6.07, 6.45) is -4.39. The highest BCUT2D eigenvalue weighted by Gasteiger charge is 2.32. The number of rotatable bonds is 3. The summed E-state index contributed by atoms with van der Waals surface area (Å²) >= 11 is -2.18. The molecular weight excluding hydrogens is 301 g/mol. The Kier molecular flexibility index (Phi) is 4.49. The van der Waals surface area contributed by atoms with Gasteiger partial charge in [0.1, 0.15) is 0 Å². The fourth-order valence-corrected chi connectivity index (χ4v) is 2.50. The smallest absolute Gasteiger partial charge is 0.416 e. The maximum absolute atomic E-state index is 12.9. The van der Waals surface area contributed by atoms with E-state index in [-0.39, 0.29) is 11.3 Å². The fraction of sp³-hybridized carbons (Fsp3) is 0.200. The number of aryl methyl sites for hydroxylation is 1. The SMILES string of the molecule is Cc1ccc(-c2ccc(CS(=O)[O-])cc2)cc1C(F)(F)F. The molecule has 0 radical (unpaired) electrons. The Hall–Kier alpha value is -1.66. The maximum Gasteiger partial charge on any atom is 0.416 e. The number of hydrogen-bond acceptors (Lipinski definition) is 2. The van der Waals surface area contributed by atoms with Gasteiger partial charge >= 0.3 is 6.18 Å². The molecule has 0 saturated heterocycles. The zero-order valence-electron chi connectivity index (χ0n) is 11.1. The zero-order valence-corrected chi connectivity index (χ0v) is 11.9. The quantitative estimate of drug-likeness (QED) is 0.802. The molecule has 0 aliphatic carbocycles. The molecule has 0 saturated carbocycles. The van der Waals surface area contributed by atoms with Gasteiger partial charge in [-0.3, -0.25) is 4.21 Å². The first kappa shape index (κ1) is 15.7. The van der Waals surface area contributed by atoms with E-state index in [0.29, 0.717) is 16.7 Å². The fourth-order valence-electron chi connectivity index (χ4n) is 2.04. The lowest BCUT2D eigenvalue weighted by Crippen LogP contribution is -2.07. The molecule has 21 heavy (non-hydrogen) atoms. The first-order chi connectivity index (χ1) is 9.77. The van der Waals surface area contributed by atoms with Crippen LogP contribution in [0.5, 0.6) is 0 Å². The molecule has 2 aromatic carbocycles. The van der Waals surface area contributed by atoms with Crippen LogP contribution in [0.25, 0.3) is 11.1 Å². The van der Waals surface area contributed by atoms with E-state index in [1.54, 1.807) is 30.3 Å². The monoisotopic (exact) mass is 313 g/mol. The first-order valence-corrected chi connectivity index (χ1v) is 7.35. The van der Waals surface area contributed by atoms with Crippen molar-refractivity contribution in [2.45, 2.75) is 18.9 Å². The lowest BCUT2D eigenvalue weighted by atomic mass is 9.99.